The SMILES string of the molecule is Cc1nc2cc(F)cc(C(=O)Nc3ccc(CS(N)(=O)=O)cc3)c2nc1C. The molecule has 0 aliphatic heterocycles. The Balaban J connectivity index is 1.91. The van der Waals surface area contributed by atoms with Crippen LogP contribution >= 0.6 is 0 Å². The van der Waals surface area contributed by atoms with Crippen molar-refractivity contribution in [3.05, 3.63) is 64.7 Å². The summed E-state index contributed by atoms with van der Waals surface area (Å²) in [5, 5.41) is 7.65. The van der Waals surface area contributed by atoms with Gasteiger partial charge in [0.2, 0.25) is 10.0 Å². The number of amides is 1. The largest absolute Gasteiger partial charge is 0.322 e. The van der Waals surface area contributed by atoms with Crippen molar-refractivity contribution in [1.29, 1.82) is 0 Å². The first-order chi connectivity index (χ1) is 12.6. The second-order valence-electron chi connectivity index (χ2n) is 6.17. The van der Waals surface area contributed by atoms with Crippen LogP contribution in [0.5, 0.6) is 0 Å². The number of primary sulfonamides is 1. The molecule has 3 rings (SSSR count). The van der Waals surface area contributed by atoms with Gasteiger partial charge < -0.3 is 5.32 Å². The molecule has 140 valence electrons. The third-order valence-electron chi connectivity index (χ3n) is 3.97. The molecule has 3 aromatic rings. The minimum absolute atomic E-state index is 0.0641. The van der Waals surface area contributed by atoms with E-state index in [0.29, 0.717) is 33.7 Å². The van der Waals surface area contributed by atoms with Crippen LogP contribution in [0.4, 0.5) is 10.1 Å². The lowest BCUT2D eigenvalue weighted by molar-refractivity contribution is 0.102. The summed E-state index contributed by atoms with van der Waals surface area (Å²) < 4.78 is 36.2. The Bertz CT molecular complexity index is 1150. The van der Waals surface area contributed by atoms with E-state index in [1.54, 1.807) is 26.0 Å². The van der Waals surface area contributed by atoms with Crippen molar-refractivity contribution >= 4 is 32.7 Å². The van der Waals surface area contributed by atoms with E-state index < -0.39 is 21.7 Å². The number of aryl methyl sites for hydroxylation is 2. The molecular formula is C18H17FN4O3S. The number of carbonyl (C=O) groups excluding carboxylic acids is 1. The van der Waals surface area contributed by atoms with E-state index in [2.05, 4.69) is 15.3 Å². The van der Waals surface area contributed by atoms with E-state index in [1.807, 2.05) is 0 Å². The first-order valence-electron chi connectivity index (χ1n) is 7.97. The number of benzene rings is 2. The van der Waals surface area contributed by atoms with Crippen LogP contribution in [0.3, 0.4) is 0 Å². The number of nitrogens with one attached hydrogen (secondary N) is 1. The maximum Gasteiger partial charge on any atom is 0.258 e. The maximum absolute atomic E-state index is 13.9. The molecule has 0 saturated heterocycles. The molecule has 7 nitrogen and oxygen atoms in total. The van der Waals surface area contributed by atoms with Crippen molar-refractivity contribution < 1.29 is 17.6 Å². The molecule has 1 heterocycles. The highest BCUT2D eigenvalue weighted by Crippen LogP contribution is 2.21. The van der Waals surface area contributed by atoms with E-state index >= 15 is 0 Å². The molecule has 0 atom stereocenters. The lowest BCUT2D eigenvalue weighted by atomic mass is 10.1. The van der Waals surface area contributed by atoms with Crippen LogP contribution in [-0.2, 0) is 15.8 Å². The number of fused-ring (bicyclic) bond motifs is 1. The Hall–Kier alpha value is -2.91. The molecule has 1 amide bonds. The molecule has 3 N–H and O–H groups in total. The summed E-state index contributed by atoms with van der Waals surface area (Å²) in [7, 11) is -3.64. The number of carbonyl (C=O) groups is 1. The highest BCUT2D eigenvalue weighted by atomic mass is 32.2. The molecule has 9 heteroatoms. The zero-order valence-electron chi connectivity index (χ0n) is 14.7. The van der Waals surface area contributed by atoms with Gasteiger partial charge in [0.25, 0.3) is 5.91 Å². The van der Waals surface area contributed by atoms with Gasteiger partial charge in [-0.05, 0) is 37.6 Å². The first-order valence-corrected chi connectivity index (χ1v) is 9.69. The Kier molecular flexibility index (Phi) is 4.90. The summed E-state index contributed by atoms with van der Waals surface area (Å²) in [4.78, 5) is 21.3. The predicted octanol–water partition coefficient (Wildman–Crippen LogP) is 2.43. The van der Waals surface area contributed by atoms with Crippen molar-refractivity contribution in [3.8, 4) is 0 Å². The van der Waals surface area contributed by atoms with Crippen LogP contribution in [-0.4, -0.2) is 24.3 Å². The average molecular weight is 388 g/mol. The molecular weight excluding hydrogens is 371 g/mol. The standard InChI is InChI=1S/C18H17FN4O3S/c1-10-11(2)22-17-15(7-13(19)8-16(17)21-10)18(24)23-14-5-3-12(4-6-14)9-27(20,25)26/h3-8H,9H2,1-2H3,(H,23,24)(H2,20,25,26). The number of halogens is 1. The fraction of sp³-hybridized carbons (Fsp3) is 0.167. The van der Waals surface area contributed by atoms with Gasteiger partial charge in [-0.25, -0.2) is 27.9 Å². The number of hydrogen-bond donors (Lipinski definition) is 2. The number of aromatic nitrogens is 2. The maximum atomic E-state index is 13.9. The van der Waals surface area contributed by atoms with Crippen molar-refractivity contribution in [2.45, 2.75) is 19.6 Å². The lowest BCUT2D eigenvalue weighted by Crippen LogP contribution is -2.15. The fourth-order valence-corrected chi connectivity index (χ4v) is 3.24. The van der Waals surface area contributed by atoms with Crippen molar-refractivity contribution in [1.82, 2.24) is 9.97 Å². The minimum Gasteiger partial charge on any atom is -0.322 e. The monoisotopic (exact) mass is 388 g/mol. The van der Waals surface area contributed by atoms with Gasteiger partial charge in [0.1, 0.15) is 11.3 Å². The minimum atomic E-state index is -3.64. The van der Waals surface area contributed by atoms with Crippen LogP contribution in [0.2, 0.25) is 0 Å². The van der Waals surface area contributed by atoms with Crippen LogP contribution < -0.4 is 10.5 Å². The van der Waals surface area contributed by atoms with E-state index in [4.69, 9.17) is 5.14 Å². The van der Waals surface area contributed by atoms with E-state index in [9.17, 15) is 17.6 Å². The second-order valence-corrected chi connectivity index (χ2v) is 7.79. The summed E-state index contributed by atoms with van der Waals surface area (Å²) in [5.74, 6) is -1.44. The second kappa shape index (κ2) is 7.01. The Morgan fingerprint density at radius 2 is 1.74 bits per heavy atom. The number of nitrogens with zero attached hydrogens (tertiary/aromatic N) is 2. The number of anilines is 1. The lowest BCUT2D eigenvalue weighted by Gasteiger charge is -2.10. The molecule has 2 aromatic carbocycles. The molecule has 0 aliphatic rings. The summed E-state index contributed by atoms with van der Waals surface area (Å²) in [5.41, 5.74) is 2.89. The highest BCUT2D eigenvalue weighted by Gasteiger charge is 2.16. The van der Waals surface area contributed by atoms with E-state index in [-0.39, 0.29) is 11.3 Å². The zero-order chi connectivity index (χ0) is 19.8. The summed E-state index contributed by atoms with van der Waals surface area (Å²) in [6.07, 6.45) is 0. The van der Waals surface area contributed by atoms with Gasteiger partial charge in [0.05, 0.1) is 28.2 Å². The van der Waals surface area contributed by atoms with Gasteiger partial charge in [-0.1, -0.05) is 12.1 Å². The average Bonchev–Trinajstić information content (AvgIpc) is 2.56. The molecule has 0 fully saturated rings. The number of nitrogens with two attached hydrogens (primary N) is 1. The molecule has 0 saturated carbocycles. The van der Waals surface area contributed by atoms with Gasteiger partial charge in [0.15, 0.2) is 0 Å². The smallest absolute Gasteiger partial charge is 0.258 e. The molecule has 27 heavy (non-hydrogen) atoms. The summed E-state index contributed by atoms with van der Waals surface area (Å²) in [6, 6.07) is 8.50. The Labute approximate surface area is 155 Å². The third-order valence-corrected chi connectivity index (χ3v) is 4.71. The topological polar surface area (TPSA) is 115 Å². The van der Waals surface area contributed by atoms with Gasteiger partial charge in [-0.3, -0.25) is 4.79 Å². The van der Waals surface area contributed by atoms with Crippen molar-refractivity contribution in [3.63, 3.8) is 0 Å². The fourth-order valence-electron chi connectivity index (χ4n) is 2.59. The quantitative estimate of drug-likeness (QED) is 0.712. The molecule has 0 aliphatic carbocycles. The van der Waals surface area contributed by atoms with Gasteiger partial charge in [-0.15, -0.1) is 0 Å². The number of rotatable bonds is 4. The molecule has 0 spiro atoms. The van der Waals surface area contributed by atoms with Crippen LogP contribution in [0.25, 0.3) is 11.0 Å². The Morgan fingerprint density at radius 1 is 1.11 bits per heavy atom. The normalized spacial score (nSPS) is 11.6. The van der Waals surface area contributed by atoms with E-state index in [1.165, 1.54) is 18.2 Å². The van der Waals surface area contributed by atoms with Gasteiger partial charge in [-0.2, -0.15) is 0 Å². The Morgan fingerprint density at radius 3 is 2.37 bits per heavy atom. The summed E-state index contributed by atoms with van der Waals surface area (Å²) in [6.45, 7) is 3.52. The van der Waals surface area contributed by atoms with Crippen LogP contribution in [0.1, 0.15) is 27.3 Å². The molecule has 0 bridgehead atoms. The van der Waals surface area contributed by atoms with E-state index in [0.717, 1.165) is 6.07 Å². The van der Waals surface area contributed by atoms with Crippen LogP contribution in [0.15, 0.2) is 36.4 Å². The van der Waals surface area contributed by atoms with Crippen LogP contribution in [0, 0.1) is 19.7 Å². The number of hydrogen-bond acceptors (Lipinski definition) is 5. The zero-order valence-corrected chi connectivity index (χ0v) is 15.5. The van der Waals surface area contributed by atoms with Crippen molar-refractivity contribution in [2.24, 2.45) is 5.14 Å². The van der Waals surface area contributed by atoms with Gasteiger partial charge >= 0.3 is 0 Å². The summed E-state index contributed by atoms with van der Waals surface area (Å²) >= 11 is 0. The molecule has 0 unspecified atom stereocenters. The number of sulfonamides is 1. The predicted molar refractivity (Wildman–Crippen MR) is 100 cm³/mol. The highest BCUT2D eigenvalue weighted by molar-refractivity contribution is 7.88. The third kappa shape index (κ3) is 4.44. The van der Waals surface area contributed by atoms with Gasteiger partial charge in [0, 0.05) is 11.8 Å². The molecule has 0 radical (unpaired) electrons. The molecule has 1 aromatic heterocycles. The van der Waals surface area contributed by atoms with Crippen molar-refractivity contribution in [2.75, 3.05) is 5.32 Å². The first kappa shape index (κ1) is 18.9.